The van der Waals surface area contributed by atoms with Gasteiger partial charge >= 0.3 is 0 Å². The van der Waals surface area contributed by atoms with Gasteiger partial charge in [-0.15, -0.1) is 0 Å². The number of methoxy groups -OCH3 is 1. The van der Waals surface area contributed by atoms with Crippen molar-refractivity contribution in [2.45, 2.75) is 52.8 Å². The molecule has 0 radical (unpaired) electrons. The molecule has 4 nitrogen and oxygen atoms in total. The normalized spacial score (nSPS) is 12.2. The highest BCUT2D eigenvalue weighted by Crippen LogP contribution is 2.29. The molecule has 154 valence electrons. The van der Waals surface area contributed by atoms with E-state index in [1.165, 1.54) is 24.9 Å². The smallest absolute Gasteiger partial charge is 0.161 e. The summed E-state index contributed by atoms with van der Waals surface area (Å²) in [5.41, 5.74) is 2.35. The molecule has 0 spiro atoms. The lowest BCUT2D eigenvalue weighted by Crippen LogP contribution is -2.28. The Kier molecular flexibility index (Phi) is 9.87. The standard InChI is InChI=1S/C24H36N2O2/c1-5-26(6-2)16-10-11-20(3)25-18-22-14-15-23(24(17-22)27-4)28-19-21-12-8-7-9-13-21/h7-9,12-15,17,20,25H,5-6,10-11,16,18-19H2,1-4H3/t20-/m1/s1. The zero-order valence-electron chi connectivity index (χ0n) is 17.9. The summed E-state index contributed by atoms with van der Waals surface area (Å²) in [5, 5.41) is 3.62. The second-order valence-electron chi connectivity index (χ2n) is 7.21. The minimum Gasteiger partial charge on any atom is -0.493 e. The number of nitrogens with one attached hydrogen (secondary N) is 1. The molecule has 0 unspecified atom stereocenters. The van der Waals surface area contributed by atoms with E-state index in [9.17, 15) is 0 Å². The van der Waals surface area contributed by atoms with E-state index in [2.05, 4.69) is 55.3 Å². The van der Waals surface area contributed by atoms with Gasteiger partial charge in [0.2, 0.25) is 0 Å². The number of rotatable bonds is 13. The molecule has 0 aromatic heterocycles. The number of ether oxygens (including phenoxy) is 2. The first kappa shape index (κ1) is 22.3. The van der Waals surface area contributed by atoms with Crippen LogP contribution in [-0.2, 0) is 13.2 Å². The molecule has 0 fully saturated rings. The van der Waals surface area contributed by atoms with Crippen LogP contribution in [0.1, 0.15) is 44.7 Å². The monoisotopic (exact) mass is 384 g/mol. The Morgan fingerprint density at radius 2 is 1.71 bits per heavy atom. The molecule has 0 amide bonds. The first-order valence-electron chi connectivity index (χ1n) is 10.5. The summed E-state index contributed by atoms with van der Waals surface area (Å²) in [6.45, 7) is 11.5. The summed E-state index contributed by atoms with van der Waals surface area (Å²) in [6, 6.07) is 16.9. The van der Waals surface area contributed by atoms with Crippen molar-refractivity contribution in [3.8, 4) is 11.5 Å². The Labute approximate surface area is 170 Å². The van der Waals surface area contributed by atoms with Crippen molar-refractivity contribution in [2.75, 3.05) is 26.7 Å². The van der Waals surface area contributed by atoms with Crippen LogP contribution in [0.15, 0.2) is 48.5 Å². The van der Waals surface area contributed by atoms with E-state index in [4.69, 9.17) is 9.47 Å². The van der Waals surface area contributed by atoms with Crippen LogP contribution < -0.4 is 14.8 Å². The van der Waals surface area contributed by atoms with Crippen molar-refractivity contribution in [1.29, 1.82) is 0 Å². The lowest BCUT2D eigenvalue weighted by atomic mass is 10.1. The molecule has 0 saturated carbocycles. The Hall–Kier alpha value is -2.04. The topological polar surface area (TPSA) is 33.7 Å². The summed E-state index contributed by atoms with van der Waals surface area (Å²) >= 11 is 0. The molecular weight excluding hydrogens is 348 g/mol. The van der Waals surface area contributed by atoms with Crippen molar-refractivity contribution >= 4 is 0 Å². The van der Waals surface area contributed by atoms with E-state index in [0.717, 1.165) is 36.7 Å². The zero-order chi connectivity index (χ0) is 20.2. The largest absolute Gasteiger partial charge is 0.493 e. The molecule has 0 bridgehead atoms. The van der Waals surface area contributed by atoms with Gasteiger partial charge in [0.05, 0.1) is 7.11 Å². The first-order valence-corrected chi connectivity index (χ1v) is 10.5. The summed E-state index contributed by atoms with van der Waals surface area (Å²) in [6.07, 6.45) is 2.41. The van der Waals surface area contributed by atoms with E-state index < -0.39 is 0 Å². The molecule has 0 aliphatic rings. The quantitative estimate of drug-likeness (QED) is 0.534. The molecule has 28 heavy (non-hydrogen) atoms. The fourth-order valence-electron chi connectivity index (χ4n) is 3.23. The molecule has 2 aromatic rings. The van der Waals surface area contributed by atoms with Gasteiger partial charge in [0.25, 0.3) is 0 Å². The fourth-order valence-corrected chi connectivity index (χ4v) is 3.23. The number of hydrogen-bond donors (Lipinski definition) is 1. The number of hydrogen-bond acceptors (Lipinski definition) is 4. The average molecular weight is 385 g/mol. The molecule has 0 aliphatic carbocycles. The maximum atomic E-state index is 5.94. The molecule has 0 aliphatic heterocycles. The van der Waals surface area contributed by atoms with E-state index in [-0.39, 0.29) is 0 Å². The van der Waals surface area contributed by atoms with Crippen LogP contribution in [0.25, 0.3) is 0 Å². The molecule has 0 heterocycles. The van der Waals surface area contributed by atoms with Crippen LogP contribution in [0.5, 0.6) is 11.5 Å². The minimum atomic E-state index is 0.496. The van der Waals surface area contributed by atoms with Crippen LogP contribution in [0.3, 0.4) is 0 Å². The lowest BCUT2D eigenvalue weighted by Gasteiger charge is -2.20. The van der Waals surface area contributed by atoms with Gasteiger partial charge in [0.15, 0.2) is 11.5 Å². The van der Waals surface area contributed by atoms with E-state index in [0.29, 0.717) is 12.6 Å². The second-order valence-corrected chi connectivity index (χ2v) is 7.21. The van der Waals surface area contributed by atoms with Gasteiger partial charge in [-0.3, -0.25) is 0 Å². The molecule has 1 N–H and O–H groups in total. The summed E-state index contributed by atoms with van der Waals surface area (Å²) in [4.78, 5) is 2.48. The average Bonchev–Trinajstić information content (AvgIpc) is 2.74. The van der Waals surface area contributed by atoms with Crippen LogP contribution in [0.4, 0.5) is 0 Å². The Morgan fingerprint density at radius 3 is 2.39 bits per heavy atom. The minimum absolute atomic E-state index is 0.496. The van der Waals surface area contributed by atoms with Gasteiger partial charge < -0.3 is 19.7 Å². The van der Waals surface area contributed by atoms with E-state index >= 15 is 0 Å². The highest BCUT2D eigenvalue weighted by Gasteiger charge is 2.08. The van der Waals surface area contributed by atoms with E-state index in [1.807, 2.05) is 24.3 Å². The third-order valence-corrected chi connectivity index (χ3v) is 5.13. The lowest BCUT2D eigenvalue weighted by molar-refractivity contribution is 0.284. The maximum absolute atomic E-state index is 5.94. The second kappa shape index (κ2) is 12.4. The molecule has 4 heteroatoms. The van der Waals surface area contributed by atoms with Crippen LogP contribution in [0.2, 0.25) is 0 Å². The van der Waals surface area contributed by atoms with Crippen molar-refractivity contribution in [3.63, 3.8) is 0 Å². The summed E-state index contributed by atoms with van der Waals surface area (Å²) in [5.74, 6) is 1.56. The van der Waals surface area contributed by atoms with Crippen molar-refractivity contribution in [2.24, 2.45) is 0 Å². The van der Waals surface area contributed by atoms with Crippen molar-refractivity contribution in [1.82, 2.24) is 10.2 Å². The van der Waals surface area contributed by atoms with Crippen molar-refractivity contribution in [3.05, 3.63) is 59.7 Å². The molecule has 2 aromatic carbocycles. The van der Waals surface area contributed by atoms with Crippen molar-refractivity contribution < 1.29 is 9.47 Å². The van der Waals surface area contributed by atoms with Crippen LogP contribution in [0, 0.1) is 0 Å². The molecule has 1 atom stereocenters. The molecular formula is C24H36N2O2. The van der Waals surface area contributed by atoms with Gasteiger partial charge in [-0.05, 0) is 62.7 Å². The number of benzene rings is 2. The van der Waals surface area contributed by atoms with Gasteiger partial charge in [-0.25, -0.2) is 0 Å². The highest BCUT2D eigenvalue weighted by atomic mass is 16.5. The van der Waals surface area contributed by atoms with Crippen LogP contribution >= 0.6 is 0 Å². The van der Waals surface area contributed by atoms with Gasteiger partial charge in [0.1, 0.15) is 6.61 Å². The zero-order valence-corrected chi connectivity index (χ0v) is 17.9. The third-order valence-electron chi connectivity index (χ3n) is 5.13. The number of nitrogens with zero attached hydrogens (tertiary/aromatic N) is 1. The predicted octanol–water partition coefficient (Wildman–Crippen LogP) is 4.87. The maximum Gasteiger partial charge on any atom is 0.161 e. The van der Waals surface area contributed by atoms with Gasteiger partial charge in [-0.2, -0.15) is 0 Å². The summed E-state index contributed by atoms with van der Waals surface area (Å²) < 4.78 is 11.5. The van der Waals surface area contributed by atoms with Gasteiger partial charge in [-0.1, -0.05) is 50.2 Å². The van der Waals surface area contributed by atoms with Gasteiger partial charge in [0, 0.05) is 12.6 Å². The third kappa shape index (κ3) is 7.53. The first-order chi connectivity index (χ1) is 13.7. The predicted molar refractivity (Wildman–Crippen MR) is 117 cm³/mol. The molecule has 2 rings (SSSR count). The highest BCUT2D eigenvalue weighted by molar-refractivity contribution is 5.43. The Morgan fingerprint density at radius 1 is 0.964 bits per heavy atom. The van der Waals surface area contributed by atoms with E-state index in [1.54, 1.807) is 7.11 Å². The molecule has 0 saturated heterocycles. The summed E-state index contributed by atoms with van der Waals surface area (Å²) in [7, 11) is 1.69. The van der Waals surface area contributed by atoms with Crippen LogP contribution in [-0.4, -0.2) is 37.7 Å². The Bertz CT molecular complexity index is 672. The fraction of sp³-hybridized carbons (Fsp3) is 0.500. The Balaban J connectivity index is 1.80. The SMILES string of the molecule is CCN(CC)CCC[C@@H](C)NCc1ccc(OCc2ccccc2)c(OC)c1.